The molecule has 1 aliphatic rings. The van der Waals surface area contributed by atoms with E-state index in [1.54, 1.807) is 0 Å². The number of aromatic nitrogens is 2. The number of hydrogen-bond acceptors (Lipinski definition) is 4. The lowest BCUT2D eigenvalue weighted by molar-refractivity contribution is 0.0722. The second-order valence-electron chi connectivity index (χ2n) is 9.37. The van der Waals surface area contributed by atoms with Crippen LogP contribution in [0.3, 0.4) is 0 Å². The molecule has 174 valence electrons. The van der Waals surface area contributed by atoms with Gasteiger partial charge in [0, 0.05) is 43.9 Å². The van der Waals surface area contributed by atoms with E-state index in [2.05, 4.69) is 54.4 Å². The molecule has 0 N–H and O–H groups in total. The molecule has 0 aliphatic carbocycles. The quantitative estimate of drug-likeness (QED) is 0.546. The molecular formula is C27H35N5O. The van der Waals surface area contributed by atoms with Gasteiger partial charge >= 0.3 is 0 Å². The fourth-order valence-electron chi connectivity index (χ4n) is 4.44. The van der Waals surface area contributed by atoms with Crippen LogP contribution in [0, 0.1) is 12.8 Å². The van der Waals surface area contributed by atoms with Crippen LogP contribution in [0.1, 0.15) is 35.5 Å². The Morgan fingerprint density at radius 2 is 1.58 bits per heavy atom. The molecule has 0 saturated carbocycles. The van der Waals surface area contributed by atoms with Crippen LogP contribution in [0.4, 0.5) is 5.82 Å². The van der Waals surface area contributed by atoms with Gasteiger partial charge in [0.2, 0.25) is 0 Å². The van der Waals surface area contributed by atoms with E-state index < -0.39 is 0 Å². The monoisotopic (exact) mass is 445 g/mol. The van der Waals surface area contributed by atoms with Gasteiger partial charge in [0.05, 0.1) is 17.9 Å². The molecule has 3 aromatic rings. The number of para-hydroxylation sites is 1. The highest BCUT2D eigenvalue weighted by Crippen LogP contribution is 2.30. The minimum absolute atomic E-state index is 0.0699. The molecule has 1 fully saturated rings. The van der Waals surface area contributed by atoms with E-state index in [1.807, 2.05) is 53.4 Å². The van der Waals surface area contributed by atoms with Crippen LogP contribution in [0.25, 0.3) is 5.69 Å². The normalized spacial score (nSPS) is 14.6. The number of anilines is 1. The highest BCUT2D eigenvalue weighted by molar-refractivity contribution is 5.94. The molecule has 0 bridgehead atoms. The van der Waals surface area contributed by atoms with Gasteiger partial charge in [-0.1, -0.05) is 50.2 Å². The van der Waals surface area contributed by atoms with Crippen molar-refractivity contribution >= 4 is 11.7 Å². The Hall–Kier alpha value is -3.12. The Labute approximate surface area is 197 Å². The third-order valence-corrected chi connectivity index (χ3v) is 6.20. The number of carbonyl (C=O) groups excluding carboxylic acids is 1. The van der Waals surface area contributed by atoms with E-state index in [4.69, 9.17) is 5.10 Å². The summed E-state index contributed by atoms with van der Waals surface area (Å²) in [7, 11) is 2.17. The van der Waals surface area contributed by atoms with E-state index in [-0.39, 0.29) is 5.91 Å². The lowest BCUT2D eigenvalue weighted by Gasteiger charge is -2.35. The van der Waals surface area contributed by atoms with Crippen LogP contribution >= 0.6 is 0 Å². The molecule has 6 heteroatoms. The molecule has 0 unspecified atom stereocenters. The van der Waals surface area contributed by atoms with Gasteiger partial charge in [-0.25, -0.2) is 4.68 Å². The second kappa shape index (κ2) is 10.2. The van der Waals surface area contributed by atoms with Gasteiger partial charge in [0.25, 0.3) is 5.91 Å². The Morgan fingerprint density at radius 1 is 0.970 bits per heavy atom. The zero-order valence-electron chi connectivity index (χ0n) is 20.2. The number of aryl methyl sites for hydroxylation is 1. The molecule has 4 rings (SSSR count). The van der Waals surface area contributed by atoms with Crippen LogP contribution < -0.4 is 4.90 Å². The van der Waals surface area contributed by atoms with Crippen molar-refractivity contribution < 1.29 is 4.79 Å². The van der Waals surface area contributed by atoms with Crippen molar-refractivity contribution in [2.24, 2.45) is 5.92 Å². The second-order valence-corrected chi connectivity index (χ2v) is 9.37. The number of likely N-dealkylation sites (N-methyl/N-ethyl adjacent to an activating group) is 1. The average molecular weight is 446 g/mol. The molecule has 0 atom stereocenters. The highest BCUT2D eigenvalue weighted by Gasteiger charge is 2.27. The molecular weight excluding hydrogens is 410 g/mol. The Bertz CT molecular complexity index is 1050. The topological polar surface area (TPSA) is 44.6 Å². The van der Waals surface area contributed by atoms with Gasteiger partial charge in [0.15, 0.2) is 0 Å². The Balaban J connectivity index is 1.75. The van der Waals surface area contributed by atoms with Gasteiger partial charge in [-0.05, 0) is 44.2 Å². The zero-order valence-corrected chi connectivity index (χ0v) is 20.2. The maximum absolute atomic E-state index is 13.5. The molecule has 2 heterocycles. The van der Waals surface area contributed by atoms with Gasteiger partial charge < -0.3 is 14.7 Å². The predicted octanol–water partition coefficient (Wildman–Crippen LogP) is 4.23. The highest BCUT2D eigenvalue weighted by atomic mass is 16.2. The third kappa shape index (κ3) is 5.28. The number of piperazine rings is 1. The van der Waals surface area contributed by atoms with Crippen LogP contribution in [-0.4, -0.2) is 65.3 Å². The standard InChI is InChI=1S/C27H35N5O/c1-21(2)19-31(27(33)23-11-7-5-8-12-23)20-25-22(3)28-32(24-13-9-6-10-14-24)26(25)30-17-15-29(4)16-18-30/h5-14,21H,15-20H2,1-4H3. The van der Waals surface area contributed by atoms with Crippen molar-refractivity contribution in [3.05, 3.63) is 77.5 Å². The fourth-order valence-corrected chi connectivity index (χ4v) is 4.44. The first-order valence-corrected chi connectivity index (χ1v) is 11.9. The number of benzene rings is 2. The smallest absolute Gasteiger partial charge is 0.254 e. The Kier molecular flexibility index (Phi) is 7.14. The number of rotatable bonds is 7. The summed E-state index contributed by atoms with van der Waals surface area (Å²) in [6, 6.07) is 19.9. The molecule has 6 nitrogen and oxygen atoms in total. The first kappa shape index (κ1) is 23.1. The van der Waals surface area contributed by atoms with Gasteiger partial charge in [-0.15, -0.1) is 0 Å². The third-order valence-electron chi connectivity index (χ3n) is 6.20. The SMILES string of the molecule is Cc1nn(-c2ccccc2)c(N2CCN(C)CC2)c1CN(CC(C)C)C(=O)c1ccccc1. The van der Waals surface area contributed by atoms with Crippen molar-refractivity contribution in [2.75, 3.05) is 44.7 Å². The molecule has 33 heavy (non-hydrogen) atoms. The number of nitrogens with zero attached hydrogens (tertiary/aromatic N) is 5. The van der Waals surface area contributed by atoms with E-state index in [0.29, 0.717) is 19.0 Å². The summed E-state index contributed by atoms with van der Waals surface area (Å²) in [5, 5.41) is 4.96. The van der Waals surface area contributed by atoms with E-state index >= 15 is 0 Å². The summed E-state index contributed by atoms with van der Waals surface area (Å²) in [5.41, 5.74) is 3.88. The number of hydrogen-bond donors (Lipinski definition) is 0. The molecule has 1 amide bonds. The minimum atomic E-state index is 0.0699. The van der Waals surface area contributed by atoms with Crippen LogP contribution in [0.2, 0.25) is 0 Å². The largest absolute Gasteiger partial charge is 0.354 e. The molecule has 0 radical (unpaired) electrons. The fraction of sp³-hybridized carbons (Fsp3) is 0.407. The summed E-state index contributed by atoms with van der Waals surface area (Å²) in [4.78, 5) is 20.3. The molecule has 2 aromatic carbocycles. The Morgan fingerprint density at radius 3 is 2.18 bits per heavy atom. The lowest BCUT2D eigenvalue weighted by Crippen LogP contribution is -2.45. The van der Waals surface area contributed by atoms with E-state index in [9.17, 15) is 4.79 Å². The maximum atomic E-state index is 13.5. The van der Waals surface area contributed by atoms with Crippen molar-refractivity contribution in [3.8, 4) is 5.69 Å². The van der Waals surface area contributed by atoms with Crippen molar-refractivity contribution in [1.29, 1.82) is 0 Å². The van der Waals surface area contributed by atoms with E-state index in [1.165, 1.54) is 0 Å². The lowest BCUT2D eigenvalue weighted by atomic mass is 10.1. The number of amides is 1. The maximum Gasteiger partial charge on any atom is 0.254 e. The summed E-state index contributed by atoms with van der Waals surface area (Å²) in [6.45, 7) is 11.5. The summed E-state index contributed by atoms with van der Waals surface area (Å²) >= 11 is 0. The van der Waals surface area contributed by atoms with Crippen molar-refractivity contribution in [2.45, 2.75) is 27.3 Å². The van der Waals surface area contributed by atoms with Gasteiger partial charge in [-0.3, -0.25) is 4.79 Å². The van der Waals surface area contributed by atoms with Crippen molar-refractivity contribution in [3.63, 3.8) is 0 Å². The first-order chi connectivity index (χ1) is 15.9. The molecule has 1 aromatic heterocycles. The average Bonchev–Trinajstić information content (AvgIpc) is 3.15. The summed E-state index contributed by atoms with van der Waals surface area (Å²) in [6.07, 6.45) is 0. The van der Waals surface area contributed by atoms with Gasteiger partial charge in [-0.2, -0.15) is 5.10 Å². The predicted molar refractivity (Wildman–Crippen MR) is 134 cm³/mol. The van der Waals surface area contributed by atoms with E-state index in [0.717, 1.165) is 54.5 Å². The molecule has 1 saturated heterocycles. The van der Waals surface area contributed by atoms with Crippen LogP contribution in [0.5, 0.6) is 0 Å². The minimum Gasteiger partial charge on any atom is -0.354 e. The summed E-state index contributed by atoms with van der Waals surface area (Å²) < 4.78 is 2.07. The van der Waals surface area contributed by atoms with Gasteiger partial charge in [0.1, 0.15) is 5.82 Å². The summed E-state index contributed by atoms with van der Waals surface area (Å²) in [5.74, 6) is 1.55. The molecule has 1 aliphatic heterocycles. The first-order valence-electron chi connectivity index (χ1n) is 11.9. The molecule has 0 spiro atoms. The zero-order chi connectivity index (χ0) is 23.4. The van der Waals surface area contributed by atoms with Crippen LogP contribution in [0.15, 0.2) is 60.7 Å². The van der Waals surface area contributed by atoms with Crippen molar-refractivity contribution in [1.82, 2.24) is 19.6 Å². The van der Waals surface area contributed by atoms with Crippen LogP contribution in [-0.2, 0) is 6.54 Å². The number of carbonyl (C=O) groups is 1.